The lowest BCUT2D eigenvalue weighted by Gasteiger charge is -2.11. The van der Waals surface area contributed by atoms with E-state index in [0.29, 0.717) is 28.8 Å². The topological polar surface area (TPSA) is 57.2 Å². The first-order valence-electron chi connectivity index (χ1n) is 8.76. The van der Waals surface area contributed by atoms with Gasteiger partial charge in [-0.1, -0.05) is 53.5 Å². The largest absolute Gasteiger partial charge is 0.380 e. The van der Waals surface area contributed by atoms with E-state index in [1.54, 1.807) is 19.2 Å². The lowest BCUT2D eigenvalue weighted by Crippen LogP contribution is -2.11. The van der Waals surface area contributed by atoms with Crippen molar-refractivity contribution < 1.29 is 9.53 Å². The van der Waals surface area contributed by atoms with Gasteiger partial charge in [-0.2, -0.15) is 0 Å². The molecule has 142 valence electrons. The molecule has 0 radical (unpaired) electrons. The van der Waals surface area contributed by atoms with Gasteiger partial charge in [0.15, 0.2) is 0 Å². The average molecular weight is 413 g/mol. The van der Waals surface area contributed by atoms with E-state index >= 15 is 0 Å². The van der Waals surface area contributed by atoms with Crippen LogP contribution in [0.2, 0.25) is 10.0 Å². The molecule has 0 aliphatic rings. The van der Waals surface area contributed by atoms with Crippen LogP contribution < -0.4 is 5.73 Å². The van der Waals surface area contributed by atoms with Crippen molar-refractivity contribution in [2.24, 2.45) is 5.73 Å². The molecule has 0 atom stereocenters. The lowest BCUT2D eigenvalue weighted by atomic mass is 10.0. The third-order valence-electron chi connectivity index (χ3n) is 4.89. The fourth-order valence-electron chi connectivity index (χ4n) is 3.66. The van der Waals surface area contributed by atoms with Crippen molar-refractivity contribution in [2.45, 2.75) is 13.2 Å². The van der Waals surface area contributed by atoms with Gasteiger partial charge in [0.1, 0.15) is 0 Å². The summed E-state index contributed by atoms with van der Waals surface area (Å²) in [5, 5.41) is 2.84. The molecule has 0 aliphatic heterocycles. The molecule has 0 fully saturated rings. The number of ether oxygens (including phenoxy) is 1. The SMILES string of the molecule is COCc1ccc2c3c(C(N)=O)cccc3n(Cc3cccc(Cl)c3Cl)c2c1. The highest BCUT2D eigenvalue weighted by Crippen LogP contribution is 2.34. The molecule has 0 aliphatic carbocycles. The molecular formula is C22H18Cl2N2O2. The molecule has 1 heterocycles. The Bertz CT molecular complexity index is 1210. The number of carbonyl (C=O) groups is 1. The number of methoxy groups -OCH3 is 1. The van der Waals surface area contributed by atoms with Gasteiger partial charge in [0.2, 0.25) is 5.91 Å². The number of amides is 1. The summed E-state index contributed by atoms with van der Waals surface area (Å²) in [6.07, 6.45) is 0. The zero-order valence-electron chi connectivity index (χ0n) is 15.2. The van der Waals surface area contributed by atoms with Gasteiger partial charge >= 0.3 is 0 Å². The number of hydrogen-bond acceptors (Lipinski definition) is 2. The van der Waals surface area contributed by atoms with Gasteiger partial charge in [0, 0.05) is 35.5 Å². The Morgan fingerprint density at radius 1 is 1.07 bits per heavy atom. The first-order valence-corrected chi connectivity index (χ1v) is 9.52. The molecule has 0 saturated carbocycles. The summed E-state index contributed by atoms with van der Waals surface area (Å²) in [7, 11) is 1.66. The first kappa shape index (κ1) is 18.8. The van der Waals surface area contributed by atoms with Gasteiger partial charge in [0.05, 0.1) is 22.2 Å². The number of nitrogens with two attached hydrogens (primary N) is 1. The Labute approximate surface area is 172 Å². The van der Waals surface area contributed by atoms with Crippen molar-refractivity contribution in [3.05, 3.63) is 81.3 Å². The van der Waals surface area contributed by atoms with Crippen LogP contribution in [0.5, 0.6) is 0 Å². The third-order valence-corrected chi connectivity index (χ3v) is 5.75. The molecule has 1 amide bonds. The molecule has 0 saturated heterocycles. The second-order valence-corrected chi connectivity index (χ2v) is 7.43. The summed E-state index contributed by atoms with van der Waals surface area (Å²) in [6.45, 7) is 1.01. The zero-order chi connectivity index (χ0) is 19.8. The monoisotopic (exact) mass is 412 g/mol. The quantitative estimate of drug-likeness (QED) is 0.477. The van der Waals surface area contributed by atoms with E-state index in [4.69, 9.17) is 33.7 Å². The standard InChI is InChI=1S/C22H18Cl2N2O2/c1-28-12-13-8-9-15-19(10-13)26(11-14-4-2-6-17(23)21(14)24)18-7-3-5-16(20(15)18)22(25)27/h2-10H,11-12H2,1H3,(H2,25,27). The molecule has 2 N–H and O–H groups in total. The molecule has 0 spiro atoms. The van der Waals surface area contributed by atoms with E-state index < -0.39 is 5.91 Å². The fraction of sp³-hybridized carbons (Fsp3) is 0.136. The molecule has 0 unspecified atom stereocenters. The second kappa shape index (κ2) is 7.47. The zero-order valence-corrected chi connectivity index (χ0v) is 16.7. The summed E-state index contributed by atoms with van der Waals surface area (Å²) in [4.78, 5) is 12.0. The molecule has 28 heavy (non-hydrogen) atoms. The average Bonchev–Trinajstić information content (AvgIpc) is 2.99. The van der Waals surface area contributed by atoms with Crippen molar-refractivity contribution in [1.82, 2.24) is 4.57 Å². The normalized spacial score (nSPS) is 11.4. The third kappa shape index (κ3) is 3.14. The Balaban J connectivity index is 2.04. The van der Waals surface area contributed by atoms with Crippen LogP contribution in [0.3, 0.4) is 0 Å². The fourth-order valence-corrected chi connectivity index (χ4v) is 4.04. The summed E-state index contributed by atoms with van der Waals surface area (Å²) in [5.74, 6) is -0.452. The number of fused-ring (bicyclic) bond motifs is 3. The highest BCUT2D eigenvalue weighted by Gasteiger charge is 2.18. The first-order chi connectivity index (χ1) is 13.5. The Hall–Kier alpha value is -2.53. The van der Waals surface area contributed by atoms with E-state index in [1.165, 1.54) is 0 Å². The maximum absolute atomic E-state index is 12.0. The Morgan fingerprint density at radius 3 is 2.61 bits per heavy atom. The summed E-state index contributed by atoms with van der Waals surface area (Å²) in [6, 6.07) is 17.2. The van der Waals surface area contributed by atoms with Crippen LogP contribution in [-0.2, 0) is 17.9 Å². The number of aromatic nitrogens is 1. The number of hydrogen-bond donors (Lipinski definition) is 1. The van der Waals surface area contributed by atoms with E-state index in [2.05, 4.69) is 10.6 Å². The van der Waals surface area contributed by atoms with Gasteiger partial charge in [0.25, 0.3) is 0 Å². The van der Waals surface area contributed by atoms with Crippen LogP contribution in [0.4, 0.5) is 0 Å². The Morgan fingerprint density at radius 2 is 1.86 bits per heavy atom. The smallest absolute Gasteiger partial charge is 0.249 e. The van der Waals surface area contributed by atoms with Crippen LogP contribution >= 0.6 is 23.2 Å². The van der Waals surface area contributed by atoms with Crippen LogP contribution in [0, 0.1) is 0 Å². The van der Waals surface area contributed by atoms with Gasteiger partial charge in [-0.3, -0.25) is 4.79 Å². The number of halogens is 2. The minimum Gasteiger partial charge on any atom is -0.380 e. The highest BCUT2D eigenvalue weighted by atomic mass is 35.5. The number of primary amides is 1. The molecule has 1 aromatic heterocycles. The van der Waals surface area contributed by atoms with Crippen LogP contribution in [0.25, 0.3) is 21.8 Å². The van der Waals surface area contributed by atoms with Crippen molar-refractivity contribution in [3.8, 4) is 0 Å². The summed E-state index contributed by atoms with van der Waals surface area (Å²) >= 11 is 12.6. The van der Waals surface area contributed by atoms with Crippen LogP contribution in [-0.4, -0.2) is 17.6 Å². The second-order valence-electron chi connectivity index (χ2n) is 6.65. The minimum absolute atomic E-state index is 0.452. The molecule has 4 nitrogen and oxygen atoms in total. The number of benzene rings is 3. The molecule has 6 heteroatoms. The predicted octanol–water partition coefficient (Wildman–Crippen LogP) is 5.39. The van der Waals surface area contributed by atoms with Crippen LogP contribution in [0.15, 0.2) is 54.6 Å². The summed E-state index contributed by atoms with van der Waals surface area (Å²) < 4.78 is 7.42. The number of nitrogens with zero attached hydrogens (tertiary/aromatic N) is 1. The van der Waals surface area contributed by atoms with Gasteiger partial charge in [-0.25, -0.2) is 0 Å². The van der Waals surface area contributed by atoms with Crippen molar-refractivity contribution in [3.63, 3.8) is 0 Å². The number of carbonyl (C=O) groups excluding carboxylic acids is 1. The Kier molecular flexibility index (Phi) is 5.02. The van der Waals surface area contributed by atoms with Crippen molar-refractivity contribution in [1.29, 1.82) is 0 Å². The molecule has 4 aromatic rings. The highest BCUT2D eigenvalue weighted by molar-refractivity contribution is 6.42. The summed E-state index contributed by atoms with van der Waals surface area (Å²) in [5.41, 5.74) is 9.98. The van der Waals surface area contributed by atoms with Gasteiger partial charge in [-0.05, 0) is 35.4 Å². The minimum atomic E-state index is -0.452. The van der Waals surface area contributed by atoms with Crippen molar-refractivity contribution >= 4 is 50.9 Å². The van der Waals surface area contributed by atoms with E-state index in [9.17, 15) is 4.79 Å². The lowest BCUT2D eigenvalue weighted by molar-refractivity contribution is 0.100. The van der Waals surface area contributed by atoms with Gasteiger partial charge in [-0.15, -0.1) is 0 Å². The molecule has 0 bridgehead atoms. The predicted molar refractivity (Wildman–Crippen MR) is 114 cm³/mol. The number of rotatable bonds is 5. The van der Waals surface area contributed by atoms with Crippen LogP contribution in [0.1, 0.15) is 21.5 Å². The van der Waals surface area contributed by atoms with E-state index in [0.717, 1.165) is 32.9 Å². The molecule has 4 rings (SSSR count). The van der Waals surface area contributed by atoms with E-state index in [-0.39, 0.29) is 0 Å². The van der Waals surface area contributed by atoms with E-state index in [1.807, 2.05) is 36.4 Å². The molecular weight excluding hydrogens is 395 g/mol. The maximum Gasteiger partial charge on any atom is 0.249 e. The van der Waals surface area contributed by atoms with Crippen molar-refractivity contribution in [2.75, 3.05) is 7.11 Å². The van der Waals surface area contributed by atoms with Gasteiger partial charge < -0.3 is 15.0 Å². The maximum atomic E-state index is 12.0. The molecule has 3 aromatic carbocycles.